The summed E-state index contributed by atoms with van der Waals surface area (Å²) in [5.41, 5.74) is 5.21. The van der Waals surface area contributed by atoms with Crippen molar-refractivity contribution in [3.63, 3.8) is 0 Å². The van der Waals surface area contributed by atoms with E-state index in [4.69, 9.17) is 14.7 Å². The van der Waals surface area contributed by atoms with Gasteiger partial charge in [0.2, 0.25) is 23.7 Å². The van der Waals surface area contributed by atoms with Crippen molar-refractivity contribution in [2.45, 2.75) is 125 Å². The summed E-state index contributed by atoms with van der Waals surface area (Å²) in [7, 11) is 2.58. The predicted molar refractivity (Wildman–Crippen MR) is 249 cm³/mol. The van der Waals surface area contributed by atoms with Gasteiger partial charge in [0.05, 0.1) is 30.6 Å². The zero-order chi connectivity index (χ0) is 48.8. The zero-order valence-electron chi connectivity index (χ0n) is 38.9. The lowest BCUT2D eigenvalue weighted by molar-refractivity contribution is -0.142. The van der Waals surface area contributed by atoms with Gasteiger partial charge in [-0.15, -0.1) is 0 Å². The molecular weight excluding hydrogens is 909 g/mol. The van der Waals surface area contributed by atoms with Crippen molar-refractivity contribution in [2.24, 2.45) is 23.7 Å². The Morgan fingerprint density at radius 2 is 1.16 bits per heavy atom. The fraction of sp³-hybridized carbons (Fsp3) is 0.500. The summed E-state index contributed by atoms with van der Waals surface area (Å²) in [5.74, 6) is -5.27. The van der Waals surface area contributed by atoms with E-state index >= 15 is 0 Å². The first-order valence-corrected chi connectivity index (χ1v) is 24.5. The van der Waals surface area contributed by atoms with Crippen LogP contribution in [0.5, 0.6) is 0 Å². The number of nitrogens with zero attached hydrogens (tertiary/aromatic N) is 5. The number of likely N-dealkylation sites (N-methyl/N-ethyl adjacent to an activating group) is 1. The molecule has 3 aromatic carbocycles. The van der Waals surface area contributed by atoms with Crippen molar-refractivity contribution in [3.8, 4) is 33.6 Å². The lowest BCUT2D eigenvalue weighted by Gasteiger charge is -2.39. The van der Waals surface area contributed by atoms with Crippen LogP contribution in [-0.4, -0.2) is 114 Å². The molecule has 0 bridgehead atoms. The molecule has 4 N–H and O–H groups in total. The van der Waals surface area contributed by atoms with Crippen molar-refractivity contribution in [1.29, 1.82) is 0 Å². The number of H-pyrrole nitrogens is 2. The van der Waals surface area contributed by atoms with Crippen molar-refractivity contribution >= 4 is 34.8 Å². The number of carboxylic acid groups (broad SMARTS) is 1. The third-order valence-electron chi connectivity index (χ3n) is 16.3. The van der Waals surface area contributed by atoms with Gasteiger partial charge in [-0.25, -0.2) is 37.1 Å². The number of hydrogen-bond acceptors (Lipinski definition) is 7. The third kappa shape index (κ3) is 8.64. The molecular formula is C52H56F4N8O6. The Morgan fingerprint density at radius 1 is 0.686 bits per heavy atom. The first-order valence-electron chi connectivity index (χ1n) is 24.5. The fourth-order valence-electron chi connectivity index (χ4n) is 12.2. The largest absolute Gasteiger partial charge is 0.465 e. The van der Waals surface area contributed by atoms with E-state index in [9.17, 15) is 41.8 Å². The molecule has 2 aromatic heterocycles. The monoisotopic (exact) mass is 964 g/mol. The summed E-state index contributed by atoms with van der Waals surface area (Å²) >= 11 is 0. The van der Waals surface area contributed by atoms with Crippen LogP contribution in [0, 0.1) is 23.7 Å². The number of hydrogen-bond donors (Lipinski definition) is 4. The average Bonchev–Trinajstić information content (AvgIpc) is 3.93. The topological polar surface area (TPSA) is 177 Å². The molecule has 0 spiro atoms. The maximum absolute atomic E-state index is 14.3. The molecule has 2 aliphatic heterocycles. The molecule has 14 nitrogen and oxygen atoms in total. The number of imidazole rings is 2. The van der Waals surface area contributed by atoms with E-state index in [1.54, 1.807) is 4.90 Å². The van der Waals surface area contributed by atoms with Crippen LogP contribution in [0.4, 0.5) is 27.2 Å². The number of amides is 4. The number of aromatic amines is 2. The summed E-state index contributed by atoms with van der Waals surface area (Å²) in [6.07, 6.45) is 3.74. The van der Waals surface area contributed by atoms with Gasteiger partial charge in [0.25, 0.3) is 0 Å². The van der Waals surface area contributed by atoms with E-state index in [2.05, 4.69) is 45.6 Å². The number of benzene rings is 3. The van der Waals surface area contributed by atoms with Gasteiger partial charge in [0, 0.05) is 68.3 Å². The molecule has 5 aromatic rings. The fourth-order valence-corrected chi connectivity index (χ4v) is 12.2. The second-order valence-electron chi connectivity index (χ2n) is 20.7. The number of methoxy groups -OCH3 is 1. The van der Waals surface area contributed by atoms with Gasteiger partial charge in [-0.1, -0.05) is 48.5 Å². The van der Waals surface area contributed by atoms with E-state index < -0.39 is 48.0 Å². The van der Waals surface area contributed by atoms with Gasteiger partial charge < -0.3 is 34.9 Å². The lowest BCUT2D eigenvalue weighted by atomic mass is 9.81. The smallest absolute Gasteiger partial charge is 0.407 e. The molecule has 0 radical (unpaired) electrons. The van der Waals surface area contributed by atoms with Crippen LogP contribution >= 0.6 is 0 Å². The quantitative estimate of drug-likeness (QED) is 0.0946. The van der Waals surface area contributed by atoms with Gasteiger partial charge in [-0.2, -0.15) is 0 Å². The van der Waals surface area contributed by atoms with Crippen LogP contribution in [0.25, 0.3) is 44.4 Å². The highest BCUT2D eigenvalue weighted by Gasteiger charge is 2.59. The van der Waals surface area contributed by atoms with Gasteiger partial charge >= 0.3 is 12.2 Å². The van der Waals surface area contributed by atoms with Gasteiger partial charge in [-0.05, 0) is 109 Å². The first-order chi connectivity index (χ1) is 33.5. The molecule has 4 heterocycles. The maximum atomic E-state index is 14.3. The zero-order valence-corrected chi connectivity index (χ0v) is 38.9. The number of aromatic nitrogens is 4. The standard InChI is InChI=1S/C52H56F4N8O6/c1-62(50(68)69)44(30-13-17-52(55,56)18-14-30)48(66)64-40-22-36(40)24-42(64)46-57-25-37(59-46)28-5-3-27(4-6-28)31-7-8-33-20-34(10-9-32(33)19-31)38-26-58-45(60-38)41-23-35-21-39(35)63(41)47(65)43(61-49(67)70-2)29-11-15-51(53,54)16-12-29/h3-10,19-20,25-26,29-30,35-36,39-44H,11-18,21-24H2,1-2H3,(H,57,59)(H,58,60)(H,61,67)(H,68,69)/t35-,36+,39+,40+,41-,42-,43-,44-/m0/s1. The lowest BCUT2D eigenvalue weighted by Crippen LogP contribution is -2.54. The molecule has 4 saturated carbocycles. The number of nitrogens with one attached hydrogen (secondary N) is 3. The second kappa shape index (κ2) is 17.4. The summed E-state index contributed by atoms with van der Waals surface area (Å²) in [6.45, 7) is 0. The SMILES string of the molecule is COC(=O)N[C@H](C(=O)N1[C@@H]2C[C@H]2C[C@H]1c1nc(-c2ccc3cc(-c4ccc(-c5c[nH]c([C@@H]6C[C@H]7C[C@H]7N6C(=O)[C@H](C6CCC(F)(F)CC6)N(C)C(=O)O)n5)cc4)ccc3c2)c[nH]1)C1CCC(F)(F)CC1. The van der Waals surface area contributed by atoms with Crippen LogP contribution < -0.4 is 5.32 Å². The number of carbonyl (C=O) groups excluding carboxylic acids is 3. The first kappa shape index (κ1) is 46.0. The number of halogens is 4. The van der Waals surface area contributed by atoms with Crippen molar-refractivity contribution in [1.82, 2.24) is 40.0 Å². The highest BCUT2D eigenvalue weighted by atomic mass is 19.3. The van der Waals surface area contributed by atoms with Crippen LogP contribution in [0.3, 0.4) is 0 Å². The Kier molecular flexibility index (Phi) is 11.4. The Hall–Kier alpha value is -6.46. The number of fused-ring (bicyclic) bond motifs is 3. The van der Waals surface area contributed by atoms with E-state index in [1.807, 2.05) is 47.6 Å². The van der Waals surface area contributed by atoms with Crippen molar-refractivity contribution in [2.75, 3.05) is 14.2 Å². The molecule has 4 amide bonds. The van der Waals surface area contributed by atoms with E-state index in [1.165, 1.54) is 14.2 Å². The normalized spacial score (nSPS) is 26.5. The molecule has 368 valence electrons. The van der Waals surface area contributed by atoms with Crippen LogP contribution in [0.1, 0.15) is 101 Å². The molecule has 2 saturated heterocycles. The highest BCUT2D eigenvalue weighted by Crippen LogP contribution is 2.55. The van der Waals surface area contributed by atoms with Gasteiger partial charge in [-0.3, -0.25) is 14.5 Å². The van der Waals surface area contributed by atoms with Crippen molar-refractivity contribution in [3.05, 3.63) is 84.7 Å². The molecule has 6 fully saturated rings. The molecule has 70 heavy (non-hydrogen) atoms. The predicted octanol–water partition coefficient (Wildman–Crippen LogP) is 9.96. The number of ether oxygens (including phenoxy) is 1. The Morgan fingerprint density at radius 3 is 1.70 bits per heavy atom. The Balaban J connectivity index is 0.765. The molecule has 8 atom stereocenters. The Labute approximate surface area is 401 Å². The van der Waals surface area contributed by atoms with Crippen LogP contribution in [-0.2, 0) is 14.3 Å². The number of piperidine rings is 2. The van der Waals surface area contributed by atoms with Crippen molar-refractivity contribution < 1.29 is 46.6 Å². The maximum Gasteiger partial charge on any atom is 0.407 e. The Bertz CT molecular complexity index is 2830. The molecule has 18 heteroatoms. The van der Waals surface area contributed by atoms with E-state index in [0.717, 1.165) is 62.9 Å². The van der Waals surface area contributed by atoms with E-state index in [0.29, 0.717) is 29.7 Å². The number of likely N-dealkylation sites (tertiary alicyclic amines) is 2. The molecule has 4 aliphatic carbocycles. The number of rotatable bonds is 11. The van der Waals surface area contributed by atoms with Gasteiger partial charge in [0.15, 0.2) is 0 Å². The minimum Gasteiger partial charge on any atom is -0.465 e. The van der Waals surface area contributed by atoms with E-state index in [-0.39, 0.29) is 93.3 Å². The molecule has 0 unspecified atom stereocenters. The highest BCUT2D eigenvalue weighted by molar-refractivity contribution is 5.91. The summed E-state index contributed by atoms with van der Waals surface area (Å²) in [4.78, 5) is 74.3. The minimum absolute atomic E-state index is 0.00636. The second-order valence-corrected chi connectivity index (χ2v) is 20.7. The van der Waals surface area contributed by atoms with Crippen LogP contribution in [0.2, 0.25) is 0 Å². The minimum atomic E-state index is -2.80. The number of alkyl carbamates (subject to hydrolysis) is 1. The molecule has 6 aliphatic rings. The third-order valence-corrected chi connectivity index (χ3v) is 16.3. The average molecular weight is 965 g/mol. The number of alkyl halides is 4. The summed E-state index contributed by atoms with van der Waals surface area (Å²) < 4.78 is 61.3. The summed E-state index contributed by atoms with van der Waals surface area (Å²) in [6, 6.07) is 17.7. The van der Waals surface area contributed by atoms with Gasteiger partial charge in [0.1, 0.15) is 23.7 Å². The number of carbonyl (C=O) groups is 4. The van der Waals surface area contributed by atoms with Crippen LogP contribution in [0.15, 0.2) is 73.1 Å². The molecule has 11 rings (SSSR count). The summed E-state index contributed by atoms with van der Waals surface area (Å²) in [5, 5.41) is 14.7.